The Balaban J connectivity index is 1.67. The molecule has 122 valence electrons. The first-order valence-electron chi connectivity index (χ1n) is 7.76. The summed E-state index contributed by atoms with van der Waals surface area (Å²) < 4.78 is 11.1. The van der Waals surface area contributed by atoms with Crippen molar-refractivity contribution in [2.75, 3.05) is 39.5 Å². The van der Waals surface area contributed by atoms with Gasteiger partial charge in [-0.3, -0.25) is 9.69 Å². The molecule has 1 aromatic carbocycles. The number of carbonyl (C=O) groups is 1. The molecular formula is C17H26N2O3. The van der Waals surface area contributed by atoms with E-state index in [2.05, 4.69) is 24.1 Å². The summed E-state index contributed by atoms with van der Waals surface area (Å²) in [5.41, 5.74) is 1.07. The topological polar surface area (TPSA) is 50.8 Å². The molecule has 5 heteroatoms. The van der Waals surface area contributed by atoms with E-state index < -0.39 is 0 Å². The maximum atomic E-state index is 12.0. The van der Waals surface area contributed by atoms with Crippen molar-refractivity contribution in [3.05, 3.63) is 29.8 Å². The van der Waals surface area contributed by atoms with Crippen molar-refractivity contribution in [3.63, 3.8) is 0 Å². The zero-order valence-electron chi connectivity index (χ0n) is 13.7. The van der Waals surface area contributed by atoms with E-state index in [0.717, 1.165) is 17.9 Å². The van der Waals surface area contributed by atoms with Gasteiger partial charge in [-0.05, 0) is 38.5 Å². The molecule has 0 aromatic heterocycles. The summed E-state index contributed by atoms with van der Waals surface area (Å²) in [6.45, 7) is 9.75. The van der Waals surface area contributed by atoms with Crippen LogP contribution in [0.1, 0.15) is 19.4 Å². The molecule has 22 heavy (non-hydrogen) atoms. The summed E-state index contributed by atoms with van der Waals surface area (Å²) in [5, 5.41) is 2.91. The van der Waals surface area contributed by atoms with Crippen LogP contribution in [0.2, 0.25) is 0 Å². The van der Waals surface area contributed by atoms with E-state index in [1.807, 2.05) is 31.2 Å². The van der Waals surface area contributed by atoms with Gasteiger partial charge in [0.1, 0.15) is 12.4 Å². The van der Waals surface area contributed by atoms with Crippen LogP contribution < -0.4 is 10.1 Å². The van der Waals surface area contributed by atoms with Crippen LogP contribution in [0, 0.1) is 6.92 Å². The average Bonchev–Trinajstić information content (AvgIpc) is 2.46. The smallest absolute Gasteiger partial charge is 0.234 e. The Kier molecular flexibility index (Phi) is 5.80. The first-order chi connectivity index (χ1) is 10.5. The van der Waals surface area contributed by atoms with Crippen molar-refractivity contribution < 1.29 is 14.3 Å². The monoisotopic (exact) mass is 306 g/mol. The Morgan fingerprint density at radius 2 is 2.27 bits per heavy atom. The minimum absolute atomic E-state index is 0.0304. The normalized spacial score (nSPS) is 18.0. The fraction of sp³-hybridized carbons (Fsp3) is 0.588. The van der Waals surface area contributed by atoms with E-state index >= 15 is 0 Å². The number of nitrogens with one attached hydrogen (secondary N) is 1. The largest absolute Gasteiger partial charge is 0.492 e. The summed E-state index contributed by atoms with van der Waals surface area (Å²) in [7, 11) is 0. The van der Waals surface area contributed by atoms with Gasteiger partial charge in [0.2, 0.25) is 5.91 Å². The molecule has 0 atom stereocenters. The predicted octanol–water partition coefficient (Wildman–Crippen LogP) is 1.60. The molecule has 0 aliphatic carbocycles. The molecule has 1 aromatic rings. The number of amides is 1. The number of hydrogen-bond donors (Lipinski definition) is 1. The second kappa shape index (κ2) is 7.61. The predicted molar refractivity (Wildman–Crippen MR) is 86.2 cm³/mol. The van der Waals surface area contributed by atoms with E-state index in [-0.39, 0.29) is 11.4 Å². The number of carbonyl (C=O) groups excluding carboxylic acids is 1. The van der Waals surface area contributed by atoms with E-state index in [1.165, 1.54) is 0 Å². The molecule has 1 amide bonds. The lowest BCUT2D eigenvalue weighted by Gasteiger charge is -2.41. The summed E-state index contributed by atoms with van der Waals surface area (Å²) in [5.74, 6) is 0.867. The highest BCUT2D eigenvalue weighted by Gasteiger charge is 2.31. The number of benzene rings is 1. The Bertz CT molecular complexity index is 502. The van der Waals surface area contributed by atoms with E-state index in [4.69, 9.17) is 9.47 Å². The minimum atomic E-state index is -0.0896. The van der Waals surface area contributed by atoms with Gasteiger partial charge < -0.3 is 14.8 Å². The molecule has 1 N–H and O–H groups in total. The molecular weight excluding hydrogens is 280 g/mol. The van der Waals surface area contributed by atoms with Crippen LogP contribution >= 0.6 is 0 Å². The van der Waals surface area contributed by atoms with Gasteiger partial charge in [0.15, 0.2) is 0 Å². The maximum Gasteiger partial charge on any atom is 0.234 e. The van der Waals surface area contributed by atoms with Crippen molar-refractivity contribution in [1.29, 1.82) is 0 Å². The maximum absolute atomic E-state index is 12.0. The standard InChI is InChI=1S/C17H26N2O3/c1-14-5-4-6-15(11-14)22-9-7-18-16(20)12-19-8-10-21-13-17(19,2)3/h4-6,11H,7-10,12-13H2,1-3H3,(H,18,20). The molecule has 0 bridgehead atoms. The average molecular weight is 306 g/mol. The molecule has 1 aliphatic heterocycles. The van der Waals surface area contributed by atoms with Crippen LogP contribution in [0.5, 0.6) is 5.75 Å². The quantitative estimate of drug-likeness (QED) is 0.811. The molecule has 1 saturated heterocycles. The fourth-order valence-electron chi connectivity index (χ4n) is 2.48. The van der Waals surface area contributed by atoms with E-state index in [0.29, 0.717) is 32.9 Å². The molecule has 1 fully saturated rings. The third kappa shape index (κ3) is 5.00. The summed E-state index contributed by atoms with van der Waals surface area (Å²) >= 11 is 0. The van der Waals surface area contributed by atoms with E-state index in [9.17, 15) is 4.79 Å². The molecule has 0 saturated carbocycles. The first-order valence-corrected chi connectivity index (χ1v) is 7.76. The number of ether oxygens (including phenoxy) is 2. The Hall–Kier alpha value is -1.59. The van der Waals surface area contributed by atoms with Crippen molar-refractivity contribution in [3.8, 4) is 5.75 Å². The number of rotatable bonds is 6. The molecule has 0 spiro atoms. The van der Waals surface area contributed by atoms with Crippen molar-refractivity contribution in [2.24, 2.45) is 0 Å². The summed E-state index contributed by atoms with van der Waals surface area (Å²) in [4.78, 5) is 14.2. The van der Waals surface area contributed by atoms with Crippen LogP contribution in [0.3, 0.4) is 0 Å². The Morgan fingerprint density at radius 3 is 3.00 bits per heavy atom. The van der Waals surface area contributed by atoms with Crippen LogP contribution in [-0.2, 0) is 9.53 Å². The third-order valence-corrected chi connectivity index (χ3v) is 3.83. The van der Waals surface area contributed by atoms with Gasteiger partial charge in [-0.15, -0.1) is 0 Å². The minimum Gasteiger partial charge on any atom is -0.492 e. The molecule has 1 heterocycles. The zero-order valence-corrected chi connectivity index (χ0v) is 13.7. The summed E-state index contributed by atoms with van der Waals surface area (Å²) in [6.07, 6.45) is 0. The highest BCUT2D eigenvalue weighted by atomic mass is 16.5. The Labute approximate surface area is 132 Å². The fourth-order valence-corrected chi connectivity index (χ4v) is 2.48. The second-order valence-electron chi connectivity index (χ2n) is 6.30. The van der Waals surface area contributed by atoms with Gasteiger partial charge >= 0.3 is 0 Å². The van der Waals surface area contributed by atoms with Gasteiger partial charge in [0, 0.05) is 12.1 Å². The van der Waals surface area contributed by atoms with Crippen molar-refractivity contribution in [2.45, 2.75) is 26.3 Å². The van der Waals surface area contributed by atoms with Crippen LogP contribution in [-0.4, -0.2) is 55.8 Å². The van der Waals surface area contributed by atoms with Crippen molar-refractivity contribution >= 4 is 5.91 Å². The third-order valence-electron chi connectivity index (χ3n) is 3.83. The highest BCUT2D eigenvalue weighted by Crippen LogP contribution is 2.18. The summed E-state index contributed by atoms with van der Waals surface area (Å²) in [6, 6.07) is 7.89. The molecule has 1 aliphatic rings. The van der Waals surface area contributed by atoms with E-state index in [1.54, 1.807) is 0 Å². The van der Waals surface area contributed by atoms with Gasteiger partial charge in [0.05, 0.1) is 26.3 Å². The van der Waals surface area contributed by atoms with Crippen LogP contribution in [0.15, 0.2) is 24.3 Å². The van der Waals surface area contributed by atoms with Crippen LogP contribution in [0.25, 0.3) is 0 Å². The SMILES string of the molecule is Cc1cccc(OCCNC(=O)CN2CCOCC2(C)C)c1. The lowest BCUT2D eigenvalue weighted by molar-refractivity contribution is -0.127. The lowest BCUT2D eigenvalue weighted by Crippen LogP contribution is -2.55. The number of aryl methyl sites for hydroxylation is 1. The van der Waals surface area contributed by atoms with Gasteiger partial charge in [-0.25, -0.2) is 0 Å². The number of hydrogen-bond acceptors (Lipinski definition) is 4. The lowest BCUT2D eigenvalue weighted by atomic mass is 10.0. The van der Waals surface area contributed by atoms with Crippen LogP contribution in [0.4, 0.5) is 0 Å². The number of nitrogens with zero attached hydrogens (tertiary/aromatic N) is 1. The van der Waals surface area contributed by atoms with Crippen molar-refractivity contribution in [1.82, 2.24) is 10.2 Å². The number of morpholine rings is 1. The molecule has 5 nitrogen and oxygen atoms in total. The molecule has 0 radical (unpaired) electrons. The Morgan fingerprint density at radius 1 is 1.45 bits per heavy atom. The molecule has 0 unspecified atom stereocenters. The van der Waals surface area contributed by atoms with Gasteiger partial charge in [-0.2, -0.15) is 0 Å². The zero-order chi connectivity index (χ0) is 16.0. The molecule has 2 rings (SSSR count). The van der Waals surface area contributed by atoms with Gasteiger partial charge in [0.25, 0.3) is 0 Å². The van der Waals surface area contributed by atoms with Gasteiger partial charge in [-0.1, -0.05) is 12.1 Å². The first kappa shape index (κ1) is 16.8. The highest BCUT2D eigenvalue weighted by molar-refractivity contribution is 5.78. The second-order valence-corrected chi connectivity index (χ2v) is 6.30.